The van der Waals surface area contributed by atoms with Gasteiger partial charge in [0.1, 0.15) is 6.73 Å². The first-order valence-electron chi connectivity index (χ1n) is 2.86. The Bertz CT molecular complexity index is 210. The molecule has 0 atom stereocenters. The van der Waals surface area contributed by atoms with Crippen LogP contribution >= 0.6 is 12.4 Å². The molecule has 0 spiro atoms. The van der Waals surface area contributed by atoms with E-state index in [2.05, 4.69) is 5.10 Å². The topological polar surface area (TPSA) is 38.0 Å². The largest absolute Gasteiger partial charge is 0.374 e. The Morgan fingerprint density at radius 1 is 1.60 bits per heavy atom. The molecule has 4 heteroatoms. The van der Waals surface area contributed by atoms with E-state index in [-0.39, 0.29) is 19.1 Å². The summed E-state index contributed by atoms with van der Waals surface area (Å²) in [7, 11) is 0. The second-order valence-corrected chi connectivity index (χ2v) is 2.07. The van der Waals surface area contributed by atoms with Crippen molar-refractivity contribution in [3.63, 3.8) is 0 Å². The smallest absolute Gasteiger partial charge is 0.136 e. The van der Waals surface area contributed by atoms with E-state index in [4.69, 9.17) is 5.11 Å². The van der Waals surface area contributed by atoms with Crippen molar-refractivity contribution in [3.05, 3.63) is 17.5 Å². The number of aliphatic hydroxyl groups is 1. The highest BCUT2D eigenvalue weighted by molar-refractivity contribution is 5.85. The lowest BCUT2D eigenvalue weighted by Gasteiger charge is -1.94. The summed E-state index contributed by atoms with van der Waals surface area (Å²) < 4.78 is 1.55. The van der Waals surface area contributed by atoms with Crippen LogP contribution in [0.1, 0.15) is 11.4 Å². The highest BCUT2D eigenvalue weighted by atomic mass is 35.5. The molecule has 0 saturated carbocycles. The van der Waals surface area contributed by atoms with Gasteiger partial charge in [0.05, 0.1) is 5.69 Å². The second kappa shape index (κ2) is 3.58. The van der Waals surface area contributed by atoms with E-state index in [1.807, 2.05) is 19.9 Å². The number of nitrogens with zero attached hydrogens (tertiary/aromatic N) is 2. The lowest BCUT2D eigenvalue weighted by molar-refractivity contribution is 0.192. The Labute approximate surface area is 66.1 Å². The van der Waals surface area contributed by atoms with Crippen molar-refractivity contribution >= 4 is 12.4 Å². The van der Waals surface area contributed by atoms with Crippen molar-refractivity contribution in [3.8, 4) is 0 Å². The average molecular weight is 163 g/mol. The first-order valence-corrected chi connectivity index (χ1v) is 2.86. The number of rotatable bonds is 1. The summed E-state index contributed by atoms with van der Waals surface area (Å²) in [5, 5.41) is 12.6. The molecule has 58 valence electrons. The van der Waals surface area contributed by atoms with Gasteiger partial charge in [0.2, 0.25) is 0 Å². The Balaban J connectivity index is 0.000000810. The van der Waals surface area contributed by atoms with E-state index >= 15 is 0 Å². The van der Waals surface area contributed by atoms with Crippen molar-refractivity contribution in [1.82, 2.24) is 9.78 Å². The van der Waals surface area contributed by atoms with Crippen LogP contribution < -0.4 is 0 Å². The minimum Gasteiger partial charge on any atom is -0.374 e. The van der Waals surface area contributed by atoms with Gasteiger partial charge < -0.3 is 5.11 Å². The molecule has 1 heterocycles. The molecule has 0 aromatic carbocycles. The third-order valence-electron chi connectivity index (χ3n) is 1.24. The Hall–Kier alpha value is -0.540. The maximum Gasteiger partial charge on any atom is 0.136 e. The molecule has 0 aliphatic rings. The minimum absolute atomic E-state index is 0. The van der Waals surface area contributed by atoms with Crippen LogP contribution in [0.2, 0.25) is 0 Å². The van der Waals surface area contributed by atoms with Crippen LogP contribution in [0, 0.1) is 13.8 Å². The lowest BCUT2D eigenvalue weighted by Crippen LogP contribution is -2.00. The number of aliphatic hydroxyl groups excluding tert-OH is 1. The fourth-order valence-electron chi connectivity index (χ4n) is 0.818. The number of hydrogen-bond donors (Lipinski definition) is 1. The van der Waals surface area contributed by atoms with E-state index in [1.54, 1.807) is 4.68 Å². The van der Waals surface area contributed by atoms with Gasteiger partial charge in [-0.2, -0.15) is 5.10 Å². The number of halogens is 1. The highest BCUT2D eigenvalue weighted by Gasteiger charge is 1.95. The first kappa shape index (κ1) is 9.46. The van der Waals surface area contributed by atoms with E-state index in [1.165, 1.54) is 0 Å². The molecule has 0 radical (unpaired) electrons. The van der Waals surface area contributed by atoms with Crippen molar-refractivity contribution in [1.29, 1.82) is 0 Å². The molecule has 1 rings (SSSR count). The molecule has 0 bridgehead atoms. The molecule has 1 aromatic rings. The summed E-state index contributed by atoms with van der Waals surface area (Å²) in [5.41, 5.74) is 1.94. The van der Waals surface area contributed by atoms with Gasteiger partial charge in [-0.15, -0.1) is 12.4 Å². The zero-order valence-corrected chi connectivity index (χ0v) is 6.85. The summed E-state index contributed by atoms with van der Waals surface area (Å²) in [6.07, 6.45) is 0. The summed E-state index contributed by atoms with van der Waals surface area (Å²) in [4.78, 5) is 0. The molecule has 0 amide bonds. The number of aromatic nitrogens is 2. The molecule has 0 aliphatic carbocycles. The van der Waals surface area contributed by atoms with Gasteiger partial charge in [0.15, 0.2) is 0 Å². The molecule has 0 fully saturated rings. The monoisotopic (exact) mass is 162 g/mol. The summed E-state index contributed by atoms with van der Waals surface area (Å²) in [5.74, 6) is 0. The molecule has 1 N–H and O–H groups in total. The second-order valence-electron chi connectivity index (χ2n) is 2.07. The molecule has 0 saturated heterocycles. The van der Waals surface area contributed by atoms with Crippen molar-refractivity contribution in [2.24, 2.45) is 0 Å². The van der Waals surface area contributed by atoms with E-state index in [9.17, 15) is 0 Å². The van der Waals surface area contributed by atoms with Crippen LogP contribution in [0.5, 0.6) is 0 Å². The first-order chi connectivity index (χ1) is 4.24. The molecule has 0 aliphatic heterocycles. The van der Waals surface area contributed by atoms with E-state index in [0.717, 1.165) is 11.4 Å². The van der Waals surface area contributed by atoms with Gasteiger partial charge >= 0.3 is 0 Å². The SMILES string of the molecule is Cc1cc(C)n(CO)n1.Cl. The molecule has 3 nitrogen and oxygen atoms in total. The zero-order chi connectivity index (χ0) is 6.85. The standard InChI is InChI=1S/C6H10N2O.ClH/c1-5-3-6(2)8(4-9)7-5;/h3,9H,4H2,1-2H3;1H. The predicted octanol–water partition coefficient (Wildman–Crippen LogP) is 0.872. The fourth-order valence-corrected chi connectivity index (χ4v) is 0.818. The van der Waals surface area contributed by atoms with Crippen molar-refractivity contribution in [2.45, 2.75) is 20.6 Å². The maximum absolute atomic E-state index is 8.63. The maximum atomic E-state index is 8.63. The minimum atomic E-state index is -0.0281. The number of aryl methyl sites for hydroxylation is 2. The van der Waals surface area contributed by atoms with Crippen LogP contribution in [0.3, 0.4) is 0 Å². The molecule has 10 heavy (non-hydrogen) atoms. The van der Waals surface area contributed by atoms with Crippen molar-refractivity contribution < 1.29 is 5.11 Å². The summed E-state index contributed by atoms with van der Waals surface area (Å²) >= 11 is 0. The predicted molar refractivity (Wildman–Crippen MR) is 41.2 cm³/mol. The molecule has 1 aromatic heterocycles. The van der Waals surface area contributed by atoms with Crippen LogP contribution in [-0.4, -0.2) is 14.9 Å². The Kier molecular flexibility index (Phi) is 3.39. The van der Waals surface area contributed by atoms with Crippen LogP contribution in [-0.2, 0) is 6.73 Å². The highest BCUT2D eigenvalue weighted by Crippen LogP contribution is 1.99. The van der Waals surface area contributed by atoms with Gasteiger partial charge in [0.25, 0.3) is 0 Å². The van der Waals surface area contributed by atoms with Gasteiger partial charge in [-0.25, -0.2) is 4.68 Å². The van der Waals surface area contributed by atoms with Crippen LogP contribution in [0.4, 0.5) is 0 Å². The molecular formula is C6H11ClN2O. The van der Waals surface area contributed by atoms with Gasteiger partial charge in [-0.05, 0) is 19.9 Å². The Morgan fingerprint density at radius 3 is 2.40 bits per heavy atom. The normalized spacial score (nSPS) is 9.10. The molecular weight excluding hydrogens is 152 g/mol. The lowest BCUT2D eigenvalue weighted by atomic mass is 10.4. The van der Waals surface area contributed by atoms with E-state index < -0.39 is 0 Å². The zero-order valence-electron chi connectivity index (χ0n) is 6.03. The summed E-state index contributed by atoms with van der Waals surface area (Å²) in [6, 6.07) is 1.93. The fraction of sp³-hybridized carbons (Fsp3) is 0.500. The van der Waals surface area contributed by atoms with E-state index in [0.29, 0.717) is 0 Å². The Morgan fingerprint density at radius 2 is 2.20 bits per heavy atom. The van der Waals surface area contributed by atoms with Gasteiger partial charge in [-0.1, -0.05) is 0 Å². The third kappa shape index (κ3) is 1.72. The average Bonchev–Trinajstić information content (AvgIpc) is 2.10. The van der Waals surface area contributed by atoms with Gasteiger partial charge in [-0.3, -0.25) is 0 Å². The van der Waals surface area contributed by atoms with Gasteiger partial charge in [0, 0.05) is 5.69 Å². The van der Waals surface area contributed by atoms with Crippen LogP contribution in [0.15, 0.2) is 6.07 Å². The third-order valence-corrected chi connectivity index (χ3v) is 1.24. The number of hydrogen-bond acceptors (Lipinski definition) is 2. The quantitative estimate of drug-likeness (QED) is 0.666. The van der Waals surface area contributed by atoms with Crippen molar-refractivity contribution in [2.75, 3.05) is 0 Å². The summed E-state index contributed by atoms with van der Waals surface area (Å²) in [6.45, 7) is 3.79. The van der Waals surface area contributed by atoms with Crippen LogP contribution in [0.25, 0.3) is 0 Å². The molecule has 0 unspecified atom stereocenters.